The van der Waals surface area contributed by atoms with Crippen LogP contribution in [0.25, 0.3) is 0 Å². The van der Waals surface area contributed by atoms with Gasteiger partial charge < -0.3 is 53.6 Å². The second-order valence-corrected chi connectivity index (χ2v) is 17.2. The summed E-state index contributed by atoms with van der Waals surface area (Å²) in [4.78, 5) is 50.9. The molecule has 68 heavy (non-hydrogen) atoms. The number of rotatable bonds is 22. The van der Waals surface area contributed by atoms with Crippen molar-refractivity contribution in [2.45, 2.75) is 78.7 Å². The van der Waals surface area contributed by atoms with E-state index in [1.165, 1.54) is 16.8 Å². The second kappa shape index (κ2) is 24.7. The van der Waals surface area contributed by atoms with Crippen molar-refractivity contribution in [2.75, 3.05) is 70.5 Å². The molecule has 1 aliphatic heterocycles. The SMILES string of the molecule is CCOC(=O)CCc1cccc(Nc2cc(N(Cc3c(OC)cc(OCCOCc4ccc(C)cc4)cc3OC)c3cccc(CCNC(=O)C4CN(C(=O)OC(C)(C)C)CCO4)c3)ncn2)c1. The number of methoxy groups -OCH3 is 2. The van der Waals surface area contributed by atoms with Gasteiger partial charge in [0.2, 0.25) is 0 Å². The zero-order chi connectivity index (χ0) is 48.5. The van der Waals surface area contributed by atoms with Crippen molar-refractivity contribution in [3.05, 3.63) is 125 Å². The van der Waals surface area contributed by atoms with E-state index in [9.17, 15) is 14.4 Å². The molecule has 6 rings (SSSR count). The number of aryl methyl sites for hydroxylation is 2. The van der Waals surface area contributed by atoms with Gasteiger partial charge in [0.1, 0.15) is 47.4 Å². The van der Waals surface area contributed by atoms with Crippen LogP contribution in [0.2, 0.25) is 0 Å². The molecule has 1 unspecified atom stereocenters. The van der Waals surface area contributed by atoms with Gasteiger partial charge in [-0.2, -0.15) is 0 Å². The van der Waals surface area contributed by atoms with E-state index in [1.54, 1.807) is 41.9 Å². The molecule has 2 amide bonds. The van der Waals surface area contributed by atoms with E-state index < -0.39 is 17.8 Å². The van der Waals surface area contributed by atoms with Gasteiger partial charge in [0.25, 0.3) is 5.91 Å². The summed E-state index contributed by atoms with van der Waals surface area (Å²) in [6.07, 6.45) is 1.53. The molecule has 1 atom stereocenters. The number of nitrogens with zero attached hydrogens (tertiary/aromatic N) is 4. The van der Waals surface area contributed by atoms with Crippen molar-refractivity contribution in [1.82, 2.24) is 20.2 Å². The number of aromatic nitrogens is 2. The average Bonchev–Trinajstić information content (AvgIpc) is 3.33. The Morgan fingerprint density at radius 3 is 2.32 bits per heavy atom. The quantitative estimate of drug-likeness (QED) is 0.0502. The molecule has 0 bridgehead atoms. The molecule has 0 spiro atoms. The molecule has 0 radical (unpaired) electrons. The first-order valence-electron chi connectivity index (χ1n) is 22.9. The van der Waals surface area contributed by atoms with Crippen molar-refractivity contribution < 1.29 is 47.5 Å². The van der Waals surface area contributed by atoms with Crippen molar-refractivity contribution in [3.8, 4) is 17.2 Å². The number of morpholine rings is 1. The number of hydrogen-bond acceptors (Lipinski definition) is 14. The average molecular weight is 933 g/mol. The molecule has 0 saturated carbocycles. The fourth-order valence-corrected chi connectivity index (χ4v) is 7.37. The van der Waals surface area contributed by atoms with Gasteiger partial charge in [0.15, 0.2) is 6.10 Å². The molecule has 16 nitrogen and oxygen atoms in total. The molecule has 1 aromatic heterocycles. The minimum Gasteiger partial charge on any atom is -0.496 e. The minimum atomic E-state index is -0.815. The van der Waals surface area contributed by atoms with Gasteiger partial charge in [0.05, 0.1) is 59.3 Å². The summed E-state index contributed by atoms with van der Waals surface area (Å²) in [5, 5.41) is 6.39. The van der Waals surface area contributed by atoms with Gasteiger partial charge in [-0.15, -0.1) is 0 Å². The number of esters is 1. The Morgan fingerprint density at radius 1 is 0.868 bits per heavy atom. The summed E-state index contributed by atoms with van der Waals surface area (Å²) in [6.45, 7) is 12.1. The van der Waals surface area contributed by atoms with Gasteiger partial charge in [-0.05, 0) is 88.4 Å². The highest BCUT2D eigenvalue weighted by Crippen LogP contribution is 2.38. The predicted molar refractivity (Wildman–Crippen MR) is 259 cm³/mol. The van der Waals surface area contributed by atoms with Gasteiger partial charge >= 0.3 is 12.1 Å². The Hall–Kier alpha value is -6.91. The van der Waals surface area contributed by atoms with Crippen LogP contribution in [0.15, 0.2) is 97.3 Å². The van der Waals surface area contributed by atoms with Gasteiger partial charge in [-0.1, -0.05) is 54.1 Å². The first kappa shape index (κ1) is 50.5. The highest BCUT2D eigenvalue weighted by molar-refractivity contribution is 5.82. The third kappa shape index (κ3) is 15.3. The van der Waals surface area contributed by atoms with Crippen molar-refractivity contribution in [3.63, 3.8) is 0 Å². The molecular weight excluding hydrogens is 869 g/mol. The molecule has 2 N–H and O–H groups in total. The van der Waals surface area contributed by atoms with Gasteiger partial charge in [-0.3, -0.25) is 9.59 Å². The lowest BCUT2D eigenvalue weighted by molar-refractivity contribution is -0.143. The number of benzene rings is 4. The van der Waals surface area contributed by atoms with Crippen molar-refractivity contribution >= 4 is 41.0 Å². The topological polar surface area (TPSA) is 172 Å². The van der Waals surface area contributed by atoms with E-state index in [2.05, 4.69) is 46.8 Å². The van der Waals surface area contributed by atoms with E-state index in [1.807, 2.05) is 71.6 Å². The Kier molecular flexibility index (Phi) is 18.4. The van der Waals surface area contributed by atoms with Crippen LogP contribution in [-0.2, 0) is 54.5 Å². The van der Waals surface area contributed by atoms with Crippen molar-refractivity contribution in [2.24, 2.45) is 0 Å². The lowest BCUT2D eigenvalue weighted by Gasteiger charge is -2.33. The first-order valence-corrected chi connectivity index (χ1v) is 22.9. The molecule has 1 fully saturated rings. The van der Waals surface area contributed by atoms with E-state index >= 15 is 0 Å². The number of ether oxygens (including phenoxy) is 7. The fraction of sp³-hybridized carbons (Fsp3) is 0.404. The van der Waals surface area contributed by atoms with E-state index in [0.29, 0.717) is 81.2 Å². The van der Waals surface area contributed by atoms with Crippen LogP contribution in [0, 0.1) is 6.92 Å². The normalized spacial score (nSPS) is 13.6. The number of hydrogen-bond donors (Lipinski definition) is 2. The largest absolute Gasteiger partial charge is 0.496 e. The number of nitrogens with one attached hydrogen (secondary N) is 2. The maximum Gasteiger partial charge on any atom is 0.410 e. The lowest BCUT2D eigenvalue weighted by atomic mass is 10.1. The monoisotopic (exact) mass is 932 g/mol. The molecule has 5 aromatic rings. The van der Waals surface area contributed by atoms with Crippen LogP contribution in [0.4, 0.5) is 27.8 Å². The Balaban J connectivity index is 1.20. The lowest BCUT2D eigenvalue weighted by Crippen LogP contribution is -2.52. The summed E-state index contributed by atoms with van der Waals surface area (Å²) in [5.74, 6) is 2.23. The maximum atomic E-state index is 13.3. The maximum absolute atomic E-state index is 13.3. The van der Waals surface area contributed by atoms with E-state index in [4.69, 9.17) is 38.1 Å². The second-order valence-electron chi connectivity index (χ2n) is 17.2. The zero-order valence-electron chi connectivity index (χ0n) is 40.2. The third-order valence-corrected chi connectivity index (χ3v) is 10.8. The van der Waals surface area contributed by atoms with Gasteiger partial charge in [0, 0.05) is 49.1 Å². The van der Waals surface area contributed by atoms with Crippen LogP contribution in [-0.4, -0.2) is 105 Å². The summed E-state index contributed by atoms with van der Waals surface area (Å²) >= 11 is 0. The van der Waals surface area contributed by atoms with Crippen molar-refractivity contribution in [1.29, 1.82) is 0 Å². The molecule has 1 saturated heterocycles. The summed E-state index contributed by atoms with van der Waals surface area (Å²) < 4.78 is 40.3. The number of amides is 2. The first-order chi connectivity index (χ1) is 32.8. The highest BCUT2D eigenvalue weighted by Gasteiger charge is 2.32. The highest BCUT2D eigenvalue weighted by atomic mass is 16.6. The molecular formula is C52H64N6O10. The fourth-order valence-electron chi connectivity index (χ4n) is 7.37. The van der Waals surface area contributed by atoms with E-state index in [0.717, 1.165) is 33.6 Å². The molecule has 0 aliphatic carbocycles. The minimum absolute atomic E-state index is 0.102. The Bertz CT molecular complexity index is 2420. The molecule has 2 heterocycles. The third-order valence-electron chi connectivity index (χ3n) is 10.8. The number of carbonyl (C=O) groups excluding carboxylic acids is 3. The Labute approximate surface area is 399 Å². The van der Waals surface area contributed by atoms with Crippen LogP contribution in [0.3, 0.4) is 0 Å². The van der Waals surface area contributed by atoms with Crippen LogP contribution in [0.5, 0.6) is 17.2 Å². The number of anilines is 4. The van der Waals surface area contributed by atoms with Crippen LogP contribution >= 0.6 is 0 Å². The van der Waals surface area contributed by atoms with Crippen LogP contribution < -0.4 is 29.7 Å². The zero-order valence-corrected chi connectivity index (χ0v) is 40.2. The standard InChI is InChI=1S/C52H64N6O10/c1-8-65-49(59)20-19-37-11-9-13-40(27-37)56-47-31-48(55-35-54-47)58(32-43-44(62-6)29-42(30-45(43)63-7)66-26-25-64-34-39-17-15-36(2)16-18-39)41-14-10-12-38(28-41)21-22-53-50(60)46-33-57(23-24-67-46)51(61)68-52(3,4)5/h9-18,27-31,35,46H,8,19-26,32-34H2,1-7H3,(H,53,60)(H,54,55,56). The van der Waals surface area contributed by atoms with E-state index in [-0.39, 0.29) is 38.0 Å². The molecule has 362 valence electrons. The van der Waals surface area contributed by atoms with Gasteiger partial charge in [-0.25, -0.2) is 14.8 Å². The number of carbonyl (C=O) groups is 3. The molecule has 16 heteroatoms. The Morgan fingerprint density at radius 2 is 1.60 bits per heavy atom. The molecule has 4 aromatic carbocycles. The smallest absolute Gasteiger partial charge is 0.410 e. The van der Waals surface area contributed by atoms with Crippen LogP contribution in [0.1, 0.15) is 61.9 Å². The summed E-state index contributed by atoms with van der Waals surface area (Å²) in [7, 11) is 3.21. The predicted octanol–water partition coefficient (Wildman–Crippen LogP) is 8.27. The summed E-state index contributed by atoms with van der Waals surface area (Å²) in [5.41, 5.74) is 5.90. The summed E-state index contributed by atoms with van der Waals surface area (Å²) in [6, 6.07) is 29.5. The molecule has 1 aliphatic rings.